The zero-order valence-electron chi connectivity index (χ0n) is 14.6. The van der Waals surface area contributed by atoms with Gasteiger partial charge in [-0.3, -0.25) is 14.5 Å². The number of aliphatic hydroxyl groups excluding tert-OH is 1. The minimum Gasteiger partial charge on any atom is -0.392 e. The van der Waals surface area contributed by atoms with Gasteiger partial charge in [0.2, 0.25) is 0 Å². The Labute approximate surface area is 141 Å². The van der Waals surface area contributed by atoms with Crippen LogP contribution in [0.2, 0.25) is 0 Å². The molecule has 1 N–H and O–H groups in total. The van der Waals surface area contributed by atoms with E-state index in [4.69, 9.17) is 0 Å². The van der Waals surface area contributed by atoms with Crippen molar-refractivity contribution in [2.45, 2.75) is 45.1 Å². The van der Waals surface area contributed by atoms with Gasteiger partial charge in [0, 0.05) is 44.5 Å². The third-order valence-corrected chi connectivity index (χ3v) is 5.42. The minimum atomic E-state index is -0.262. The van der Waals surface area contributed by atoms with Gasteiger partial charge in [0.05, 0.1) is 24.9 Å². The molecule has 0 bridgehead atoms. The smallest absolute Gasteiger partial charge is 0.150 e. The maximum Gasteiger partial charge on any atom is 0.150 e. The zero-order chi connectivity index (χ0) is 16.8. The first-order chi connectivity index (χ1) is 11.5. The molecule has 2 aromatic rings. The van der Waals surface area contributed by atoms with Crippen molar-refractivity contribution in [2.75, 3.05) is 20.1 Å². The van der Waals surface area contributed by atoms with Gasteiger partial charge in [-0.1, -0.05) is 0 Å². The number of rotatable bonds is 3. The van der Waals surface area contributed by atoms with Gasteiger partial charge in [-0.2, -0.15) is 5.10 Å². The van der Waals surface area contributed by atoms with Gasteiger partial charge in [0.15, 0.2) is 5.82 Å². The molecule has 8 nitrogen and oxygen atoms in total. The van der Waals surface area contributed by atoms with Crippen molar-refractivity contribution in [3.8, 4) is 0 Å². The lowest BCUT2D eigenvalue weighted by molar-refractivity contribution is 0.182. The van der Waals surface area contributed by atoms with Gasteiger partial charge in [-0.15, -0.1) is 10.2 Å². The van der Waals surface area contributed by atoms with Crippen LogP contribution in [0.1, 0.15) is 35.4 Å². The number of nitrogens with zero attached hydrogens (tertiary/aromatic N) is 7. The molecular weight excluding hydrogens is 306 g/mol. The summed E-state index contributed by atoms with van der Waals surface area (Å²) in [6, 6.07) is 0.174. The average molecular weight is 331 g/mol. The fraction of sp³-hybridized carbons (Fsp3) is 0.688. The van der Waals surface area contributed by atoms with Crippen LogP contribution in [0.4, 0.5) is 0 Å². The van der Waals surface area contributed by atoms with E-state index < -0.39 is 0 Å². The highest BCUT2D eigenvalue weighted by Gasteiger charge is 2.34. The Bertz CT molecular complexity index is 737. The lowest BCUT2D eigenvalue weighted by Gasteiger charge is -2.29. The second kappa shape index (κ2) is 5.94. The molecule has 0 unspecified atom stereocenters. The van der Waals surface area contributed by atoms with Crippen LogP contribution >= 0.6 is 0 Å². The second-order valence-corrected chi connectivity index (χ2v) is 7.06. The van der Waals surface area contributed by atoms with Crippen molar-refractivity contribution in [1.82, 2.24) is 34.3 Å². The molecule has 0 spiro atoms. The third kappa shape index (κ3) is 2.64. The molecule has 24 heavy (non-hydrogen) atoms. The van der Waals surface area contributed by atoms with Crippen molar-refractivity contribution in [1.29, 1.82) is 0 Å². The zero-order valence-corrected chi connectivity index (χ0v) is 14.6. The summed E-state index contributed by atoms with van der Waals surface area (Å²) in [5.74, 6) is 2.02. The summed E-state index contributed by atoms with van der Waals surface area (Å²) in [5, 5.41) is 23.1. The third-order valence-electron chi connectivity index (χ3n) is 5.42. The normalized spacial score (nSPS) is 25.3. The Kier molecular flexibility index (Phi) is 3.90. The predicted octanol–water partition coefficient (Wildman–Crippen LogP) is 0.0733. The molecule has 1 fully saturated rings. The molecule has 0 saturated carbocycles. The first-order valence-electron chi connectivity index (χ1n) is 8.53. The van der Waals surface area contributed by atoms with Crippen LogP contribution in [0.25, 0.3) is 0 Å². The van der Waals surface area contributed by atoms with Crippen molar-refractivity contribution >= 4 is 0 Å². The van der Waals surface area contributed by atoms with Gasteiger partial charge in [0.25, 0.3) is 0 Å². The highest BCUT2D eigenvalue weighted by atomic mass is 16.3. The lowest BCUT2D eigenvalue weighted by atomic mass is 10.2. The molecule has 8 heteroatoms. The van der Waals surface area contributed by atoms with E-state index >= 15 is 0 Å². The molecule has 0 aliphatic carbocycles. The van der Waals surface area contributed by atoms with Gasteiger partial charge < -0.3 is 9.67 Å². The molecule has 2 aliphatic heterocycles. The summed E-state index contributed by atoms with van der Waals surface area (Å²) in [6.07, 6.45) is 2.43. The maximum absolute atomic E-state index is 9.89. The Morgan fingerprint density at radius 3 is 2.75 bits per heavy atom. The van der Waals surface area contributed by atoms with E-state index in [-0.39, 0.29) is 12.1 Å². The van der Waals surface area contributed by atoms with Gasteiger partial charge in [-0.25, -0.2) is 0 Å². The number of β-amino-alcohol motifs (C(OH)–C–C–N with tert-alkyl or cyclic N) is 1. The monoisotopic (exact) mass is 331 g/mol. The summed E-state index contributed by atoms with van der Waals surface area (Å²) in [7, 11) is 4.02. The molecule has 0 amide bonds. The first kappa shape index (κ1) is 15.7. The fourth-order valence-corrected chi connectivity index (χ4v) is 3.83. The van der Waals surface area contributed by atoms with Crippen LogP contribution in [0.15, 0.2) is 6.20 Å². The van der Waals surface area contributed by atoms with Gasteiger partial charge in [-0.05, 0) is 20.4 Å². The fourth-order valence-electron chi connectivity index (χ4n) is 3.83. The topological polar surface area (TPSA) is 75.2 Å². The minimum absolute atomic E-state index is 0.174. The van der Waals surface area contributed by atoms with E-state index in [1.807, 2.05) is 25.0 Å². The quantitative estimate of drug-likeness (QED) is 0.858. The molecule has 1 saturated heterocycles. The first-order valence-corrected chi connectivity index (χ1v) is 8.53. The number of aryl methyl sites for hydroxylation is 1. The molecular formula is C16H25N7O. The van der Waals surface area contributed by atoms with Crippen molar-refractivity contribution < 1.29 is 5.11 Å². The summed E-state index contributed by atoms with van der Waals surface area (Å²) < 4.78 is 4.16. The molecule has 2 aromatic heterocycles. The van der Waals surface area contributed by atoms with Crippen molar-refractivity contribution in [3.05, 3.63) is 29.1 Å². The lowest BCUT2D eigenvalue weighted by Crippen LogP contribution is -2.35. The number of likely N-dealkylation sites (tertiary alicyclic amines) is 1. The number of fused-ring (bicyclic) bond motifs is 1. The Balaban J connectivity index is 1.50. The average Bonchev–Trinajstić information content (AvgIpc) is 3.20. The van der Waals surface area contributed by atoms with E-state index in [1.165, 1.54) is 11.3 Å². The summed E-state index contributed by atoms with van der Waals surface area (Å²) in [4.78, 5) is 4.57. The van der Waals surface area contributed by atoms with Crippen molar-refractivity contribution in [2.24, 2.45) is 7.05 Å². The van der Waals surface area contributed by atoms with Crippen LogP contribution < -0.4 is 0 Å². The molecule has 2 atom stereocenters. The second-order valence-electron chi connectivity index (χ2n) is 7.06. The molecule has 0 aromatic carbocycles. The van der Waals surface area contributed by atoms with Crippen LogP contribution in [0.3, 0.4) is 0 Å². The van der Waals surface area contributed by atoms with E-state index in [9.17, 15) is 5.11 Å². The summed E-state index contributed by atoms with van der Waals surface area (Å²) in [6.45, 7) is 6.39. The predicted molar refractivity (Wildman–Crippen MR) is 88.1 cm³/mol. The van der Waals surface area contributed by atoms with Crippen LogP contribution in [-0.2, 0) is 26.7 Å². The van der Waals surface area contributed by atoms with Crippen LogP contribution in [0.5, 0.6) is 0 Å². The van der Waals surface area contributed by atoms with E-state index in [0.717, 1.165) is 44.2 Å². The van der Waals surface area contributed by atoms with E-state index in [2.05, 4.69) is 36.6 Å². The van der Waals surface area contributed by atoms with Gasteiger partial charge >= 0.3 is 0 Å². The highest BCUT2D eigenvalue weighted by Crippen LogP contribution is 2.31. The van der Waals surface area contributed by atoms with Crippen LogP contribution in [0, 0.1) is 6.92 Å². The largest absolute Gasteiger partial charge is 0.392 e. The molecule has 2 aliphatic rings. The van der Waals surface area contributed by atoms with Crippen molar-refractivity contribution in [3.63, 3.8) is 0 Å². The summed E-state index contributed by atoms with van der Waals surface area (Å²) in [5.41, 5.74) is 2.48. The number of aromatic nitrogens is 5. The van der Waals surface area contributed by atoms with E-state index in [0.29, 0.717) is 6.54 Å². The molecule has 0 radical (unpaired) electrons. The number of aliphatic hydroxyl groups is 1. The Morgan fingerprint density at radius 1 is 1.25 bits per heavy atom. The Hall–Kier alpha value is -1.77. The summed E-state index contributed by atoms with van der Waals surface area (Å²) >= 11 is 0. The maximum atomic E-state index is 9.89. The molecule has 4 heterocycles. The van der Waals surface area contributed by atoms with Gasteiger partial charge in [0.1, 0.15) is 5.82 Å². The number of likely N-dealkylation sites (N-methyl/N-ethyl adjacent to an activating group) is 1. The number of hydrogen-bond acceptors (Lipinski definition) is 6. The highest BCUT2D eigenvalue weighted by molar-refractivity contribution is 5.16. The Morgan fingerprint density at radius 2 is 2.08 bits per heavy atom. The SMILES string of the molecule is Cc1c(CN2CCn3c(nnc3[C@@H]3C[C@@H](O)CN3C)C2)cnn1C. The van der Waals surface area contributed by atoms with Crippen LogP contribution in [-0.4, -0.2) is 65.7 Å². The molecule has 130 valence electrons. The molecule has 4 rings (SSSR count). The standard InChI is InChI=1S/C16H25N7O/c1-11-12(7-17-21(11)3)8-22-4-5-23-15(10-22)18-19-16(23)14-6-13(24)9-20(14)2/h7,13-14,24H,4-6,8-10H2,1-3H3/t13-,14+/m1/s1. The number of hydrogen-bond donors (Lipinski definition) is 1. The van der Waals surface area contributed by atoms with E-state index in [1.54, 1.807) is 0 Å².